The lowest BCUT2D eigenvalue weighted by Gasteiger charge is -2.04. The molecule has 3 aromatic carbocycles. The standard InChI is InChI=1S/C21H15NO2/c1-14-9-11-15(12-10-14)13-19-21(23)24-20(22-19)18-8-4-6-16-5-2-3-7-17(16)18/h2-13H,1H3. The van der Waals surface area contributed by atoms with Gasteiger partial charge in [0.1, 0.15) is 0 Å². The van der Waals surface area contributed by atoms with Crippen LogP contribution < -0.4 is 0 Å². The summed E-state index contributed by atoms with van der Waals surface area (Å²) in [5.41, 5.74) is 3.25. The largest absolute Gasteiger partial charge is 0.402 e. The van der Waals surface area contributed by atoms with E-state index in [9.17, 15) is 4.79 Å². The van der Waals surface area contributed by atoms with Gasteiger partial charge in [0.05, 0.1) is 0 Å². The number of esters is 1. The summed E-state index contributed by atoms with van der Waals surface area (Å²) in [6.07, 6.45) is 1.75. The lowest BCUT2D eigenvalue weighted by molar-refractivity contribution is -0.129. The van der Waals surface area contributed by atoms with Gasteiger partial charge in [0, 0.05) is 5.56 Å². The van der Waals surface area contributed by atoms with E-state index in [4.69, 9.17) is 4.74 Å². The molecule has 0 aliphatic carbocycles. The van der Waals surface area contributed by atoms with E-state index in [0.717, 1.165) is 21.9 Å². The first-order valence-electron chi connectivity index (χ1n) is 7.78. The molecule has 24 heavy (non-hydrogen) atoms. The fraction of sp³-hybridized carbons (Fsp3) is 0.0476. The Bertz CT molecular complexity index is 993. The molecule has 0 bridgehead atoms. The summed E-state index contributed by atoms with van der Waals surface area (Å²) < 4.78 is 5.41. The molecule has 3 aromatic rings. The van der Waals surface area contributed by atoms with Gasteiger partial charge in [-0.25, -0.2) is 9.79 Å². The molecule has 0 spiro atoms. The Balaban J connectivity index is 1.77. The summed E-state index contributed by atoms with van der Waals surface area (Å²) in [6.45, 7) is 2.03. The van der Waals surface area contributed by atoms with Crippen molar-refractivity contribution in [2.24, 2.45) is 4.99 Å². The number of carbonyl (C=O) groups excluding carboxylic acids is 1. The third kappa shape index (κ3) is 2.61. The van der Waals surface area contributed by atoms with Gasteiger partial charge in [0.25, 0.3) is 0 Å². The minimum atomic E-state index is -0.418. The molecule has 1 aliphatic rings. The SMILES string of the molecule is Cc1ccc(C=C2N=C(c3cccc4ccccc34)OC2=O)cc1. The maximum atomic E-state index is 12.2. The normalized spacial score (nSPS) is 15.6. The highest BCUT2D eigenvalue weighted by Crippen LogP contribution is 2.24. The van der Waals surface area contributed by atoms with Gasteiger partial charge < -0.3 is 4.74 Å². The monoisotopic (exact) mass is 313 g/mol. The van der Waals surface area contributed by atoms with Crippen molar-refractivity contribution in [3.8, 4) is 0 Å². The first-order valence-corrected chi connectivity index (χ1v) is 7.78. The number of ether oxygens (including phenoxy) is 1. The fourth-order valence-electron chi connectivity index (χ4n) is 2.76. The van der Waals surface area contributed by atoms with Crippen molar-refractivity contribution in [1.82, 2.24) is 0 Å². The van der Waals surface area contributed by atoms with Crippen LogP contribution in [-0.4, -0.2) is 11.9 Å². The maximum absolute atomic E-state index is 12.2. The highest BCUT2D eigenvalue weighted by molar-refractivity contribution is 6.17. The van der Waals surface area contributed by atoms with Crippen LogP contribution in [0.15, 0.2) is 77.4 Å². The van der Waals surface area contributed by atoms with Crippen LogP contribution in [0.2, 0.25) is 0 Å². The van der Waals surface area contributed by atoms with Crippen LogP contribution in [0.25, 0.3) is 16.8 Å². The molecule has 0 unspecified atom stereocenters. The van der Waals surface area contributed by atoms with Crippen LogP contribution in [0.3, 0.4) is 0 Å². The van der Waals surface area contributed by atoms with Gasteiger partial charge in [-0.05, 0) is 35.4 Å². The Morgan fingerprint density at radius 1 is 0.917 bits per heavy atom. The smallest absolute Gasteiger partial charge is 0.363 e. The van der Waals surface area contributed by atoms with Crippen LogP contribution in [-0.2, 0) is 9.53 Å². The van der Waals surface area contributed by atoms with Gasteiger partial charge in [0.2, 0.25) is 5.90 Å². The quantitative estimate of drug-likeness (QED) is 0.516. The molecule has 0 fully saturated rings. The molecule has 1 heterocycles. The summed E-state index contributed by atoms with van der Waals surface area (Å²) in [4.78, 5) is 16.6. The number of rotatable bonds is 2. The summed E-state index contributed by atoms with van der Waals surface area (Å²) in [7, 11) is 0. The molecule has 0 radical (unpaired) electrons. The average Bonchev–Trinajstić information content (AvgIpc) is 2.97. The molecule has 1 aliphatic heterocycles. The Hall–Kier alpha value is -3.20. The van der Waals surface area contributed by atoms with Crippen molar-refractivity contribution in [2.75, 3.05) is 0 Å². The first-order chi connectivity index (χ1) is 11.7. The lowest BCUT2D eigenvalue weighted by Crippen LogP contribution is -2.05. The molecule has 4 rings (SSSR count). The van der Waals surface area contributed by atoms with Crippen molar-refractivity contribution in [3.05, 3.63) is 89.1 Å². The van der Waals surface area contributed by atoms with Gasteiger partial charge in [0.15, 0.2) is 5.70 Å². The van der Waals surface area contributed by atoms with E-state index in [2.05, 4.69) is 4.99 Å². The Kier molecular flexibility index (Phi) is 3.47. The fourth-order valence-corrected chi connectivity index (χ4v) is 2.76. The van der Waals surface area contributed by atoms with E-state index >= 15 is 0 Å². The number of cyclic esters (lactones) is 1. The minimum absolute atomic E-state index is 0.321. The molecule has 3 nitrogen and oxygen atoms in total. The molecule has 0 atom stereocenters. The third-order valence-electron chi connectivity index (χ3n) is 4.02. The molecule has 0 aromatic heterocycles. The highest BCUT2D eigenvalue weighted by Gasteiger charge is 2.25. The summed E-state index contributed by atoms with van der Waals surface area (Å²) in [5.74, 6) is -0.0614. The Morgan fingerprint density at radius 3 is 2.50 bits per heavy atom. The molecular weight excluding hydrogens is 298 g/mol. The highest BCUT2D eigenvalue weighted by atomic mass is 16.6. The Morgan fingerprint density at radius 2 is 1.67 bits per heavy atom. The minimum Gasteiger partial charge on any atom is -0.402 e. The molecule has 116 valence electrons. The van der Waals surface area contributed by atoms with E-state index in [0.29, 0.717) is 11.6 Å². The zero-order chi connectivity index (χ0) is 16.5. The molecule has 0 saturated heterocycles. The van der Waals surface area contributed by atoms with Gasteiger partial charge in [-0.2, -0.15) is 0 Å². The Labute approximate surface area is 139 Å². The van der Waals surface area contributed by atoms with E-state index in [1.807, 2.05) is 73.7 Å². The number of carbonyl (C=O) groups is 1. The van der Waals surface area contributed by atoms with Crippen molar-refractivity contribution in [3.63, 3.8) is 0 Å². The number of fused-ring (bicyclic) bond motifs is 1. The van der Waals surface area contributed by atoms with Crippen molar-refractivity contribution in [1.29, 1.82) is 0 Å². The van der Waals surface area contributed by atoms with Gasteiger partial charge >= 0.3 is 5.97 Å². The predicted octanol–water partition coefficient (Wildman–Crippen LogP) is 4.49. The number of benzene rings is 3. The van der Waals surface area contributed by atoms with Gasteiger partial charge in [-0.1, -0.05) is 66.2 Å². The molecule has 0 saturated carbocycles. The molecule has 0 amide bonds. The van der Waals surface area contributed by atoms with Gasteiger partial charge in [-0.15, -0.1) is 0 Å². The second-order valence-corrected chi connectivity index (χ2v) is 5.77. The van der Waals surface area contributed by atoms with Crippen molar-refractivity contribution in [2.45, 2.75) is 6.92 Å². The second kappa shape index (κ2) is 5.78. The van der Waals surface area contributed by atoms with Crippen LogP contribution in [0.1, 0.15) is 16.7 Å². The predicted molar refractivity (Wildman–Crippen MR) is 95.7 cm³/mol. The summed E-state index contributed by atoms with van der Waals surface area (Å²) in [6, 6.07) is 21.8. The number of aryl methyl sites for hydroxylation is 1. The van der Waals surface area contributed by atoms with E-state index < -0.39 is 5.97 Å². The van der Waals surface area contributed by atoms with E-state index in [1.165, 1.54) is 5.56 Å². The lowest BCUT2D eigenvalue weighted by atomic mass is 10.0. The topological polar surface area (TPSA) is 38.7 Å². The average molecular weight is 313 g/mol. The van der Waals surface area contributed by atoms with Crippen LogP contribution in [0.4, 0.5) is 0 Å². The number of nitrogens with zero attached hydrogens (tertiary/aromatic N) is 1. The number of hydrogen-bond acceptors (Lipinski definition) is 3. The van der Waals surface area contributed by atoms with E-state index in [-0.39, 0.29) is 0 Å². The zero-order valence-corrected chi connectivity index (χ0v) is 13.2. The molecular formula is C21H15NO2. The van der Waals surface area contributed by atoms with Crippen LogP contribution >= 0.6 is 0 Å². The third-order valence-corrected chi connectivity index (χ3v) is 4.02. The molecule has 0 N–H and O–H groups in total. The van der Waals surface area contributed by atoms with Crippen LogP contribution in [0.5, 0.6) is 0 Å². The second-order valence-electron chi connectivity index (χ2n) is 5.77. The van der Waals surface area contributed by atoms with Crippen molar-refractivity contribution < 1.29 is 9.53 Å². The number of aliphatic imine (C=N–C) groups is 1. The van der Waals surface area contributed by atoms with Crippen LogP contribution in [0, 0.1) is 6.92 Å². The number of hydrogen-bond donors (Lipinski definition) is 0. The first kappa shape index (κ1) is 14.4. The van der Waals surface area contributed by atoms with E-state index in [1.54, 1.807) is 6.08 Å². The zero-order valence-electron chi connectivity index (χ0n) is 13.2. The summed E-state index contributed by atoms with van der Waals surface area (Å²) >= 11 is 0. The molecule has 3 heteroatoms. The summed E-state index contributed by atoms with van der Waals surface area (Å²) in [5, 5.41) is 2.10. The van der Waals surface area contributed by atoms with Crippen molar-refractivity contribution >= 4 is 28.7 Å². The maximum Gasteiger partial charge on any atom is 0.363 e. The van der Waals surface area contributed by atoms with Gasteiger partial charge in [-0.3, -0.25) is 0 Å².